The van der Waals surface area contributed by atoms with Crippen LogP contribution in [0.3, 0.4) is 0 Å². The average molecular weight is 486 g/mol. The van der Waals surface area contributed by atoms with Gasteiger partial charge in [-0.2, -0.15) is 0 Å². The first-order valence-electron chi connectivity index (χ1n) is 13.2. The molecular weight excluding hydrogens is 449 g/mol. The molecule has 1 saturated carbocycles. The van der Waals surface area contributed by atoms with E-state index in [0.717, 1.165) is 45.3 Å². The summed E-state index contributed by atoms with van der Waals surface area (Å²) in [7, 11) is 0. The summed E-state index contributed by atoms with van der Waals surface area (Å²) in [5.74, 6) is -0.479. The SMILES string of the molecule is C[C@H](N[C@H]1CCCC[C@@H]1Cc1ccc2c(c1F)CN(C1CCC(=O)NC1=O)C2=O)C1CCOCC1. The topological polar surface area (TPSA) is 87.7 Å². The lowest BCUT2D eigenvalue weighted by atomic mass is 9.79. The van der Waals surface area contributed by atoms with Gasteiger partial charge in [-0.25, -0.2) is 4.39 Å². The minimum Gasteiger partial charge on any atom is -0.381 e. The number of piperidine rings is 1. The Balaban J connectivity index is 1.28. The molecular formula is C27H36FN3O4. The Kier molecular flexibility index (Phi) is 7.21. The number of imide groups is 1. The van der Waals surface area contributed by atoms with Gasteiger partial charge in [-0.3, -0.25) is 19.7 Å². The molecule has 0 bridgehead atoms. The van der Waals surface area contributed by atoms with E-state index in [1.165, 1.54) is 11.3 Å². The van der Waals surface area contributed by atoms with Gasteiger partial charge in [0.25, 0.3) is 5.91 Å². The maximum absolute atomic E-state index is 15.7. The summed E-state index contributed by atoms with van der Waals surface area (Å²) in [5, 5.41) is 6.18. The highest BCUT2D eigenvalue weighted by atomic mass is 19.1. The first-order chi connectivity index (χ1) is 16.9. The second-order valence-corrected chi connectivity index (χ2v) is 10.7. The number of nitrogens with zero attached hydrogens (tertiary/aromatic N) is 1. The number of hydrogen-bond donors (Lipinski definition) is 2. The molecule has 2 saturated heterocycles. The van der Waals surface area contributed by atoms with Gasteiger partial charge in [0.2, 0.25) is 11.8 Å². The van der Waals surface area contributed by atoms with Crippen LogP contribution in [0, 0.1) is 17.7 Å². The van der Waals surface area contributed by atoms with Crippen LogP contribution in [-0.2, 0) is 27.3 Å². The molecule has 1 aromatic carbocycles. The Morgan fingerprint density at radius 2 is 1.89 bits per heavy atom. The summed E-state index contributed by atoms with van der Waals surface area (Å²) in [6.45, 7) is 4.01. The van der Waals surface area contributed by atoms with Gasteiger partial charge in [0, 0.05) is 42.8 Å². The number of rotatable bonds is 6. The molecule has 8 heteroatoms. The molecule has 3 heterocycles. The Labute approximate surface area is 206 Å². The second-order valence-electron chi connectivity index (χ2n) is 10.7. The normalized spacial score (nSPS) is 28.7. The van der Waals surface area contributed by atoms with E-state index in [1.807, 2.05) is 0 Å². The molecule has 0 spiro atoms. The summed E-state index contributed by atoms with van der Waals surface area (Å²) < 4.78 is 21.2. The summed E-state index contributed by atoms with van der Waals surface area (Å²) >= 11 is 0. The number of amides is 3. The minimum absolute atomic E-state index is 0.0766. The largest absolute Gasteiger partial charge is 0.381 e. The van der Waals surface area contributed by atoms with E-state index in [1.54, 1.807) is 12.1 Å². The van der Waals surface area contributed by atoms with E-state index >= 15 is 4.39 Å². The molecule has 3 amide bonds. The van der Waals surface area contributed by atoms with Gasteiger partial charge in [0.1, 0.15) is 11.9 Å². The Bertz CT molecular complexity index is 993. The molecule has 4 atom stereocenters. The Morgan fingerprint density at radius 1 is 1.11 bits per heavy atom. The quantitative estimate of drug-likeness (QED) is 0.605. The number of carbonyl (C=O) groups is 3. The molecule has 4 aliphatic rings. The van der Waals surface area contributed by atoms with Crippen molar-refractivity contribution in [3.8, 4) is 0 Å². The van der Waals surface area contributed by atoms with Gasteiger partial charge in [-0.05, 0) is 68.9 Å². The van der Waals surface area contributed by atoms with Crippen LogP contribution in [0.5, 0.6) is 0 Å². The van der Waals surface area contributed by atoms with Gasteiger partial charge in [0.05, 0.1) is 6.54 Å². The van der Waals surface area contributed by atoms with Crippen molar-refractivity contribution in [3.05, 3.63) is 34.6 Å². The summed E-state index contributed by atoms with van der Waals surface area (Å²) in [5.41, 5.74) is 1.37. The smallest absolute Gasteiger partial charge is 0.255 e. The van der Waals surface area contributed by atoms with Crippen LogP contribution < -0.4 is 10.6 Å². The molecule has 3 aliphatic heterocycles. The van der Waals surface area contributed by atoms with E-state index in [2.05, 4.69) is 17.6 Å². The van der Waals surface area contributed by atoms with Gasteiger partial charge >= 0.3 is 0 Å². The van der Waals surface area contributed by atoms with Gasteiger partial charge in [-0.1, -0.05) is 18.9 Å². The van der Waals surface area contributed by atoms with Crippen molar-refractivity contribution in [2.45, 2.75) is 89.4 Å². The minimum atomic E-state index is -0.728. The number of hydrogen-bond acceptors (Lipinski definition) is 5. The fourth-order valence-electron chi connectivity index (χ4n) is 6.45. The fraction of sp³-hybridized carbons (Fsp3) is 0.667. The zero-order chi connectivity index (χ0) is 24.5. The molecule has 7 nitrogen and oxygen atoms in total. The van der Waals surface area contributed by atoms with E-state index in [9.17, 15) is 14.4 Å². The van der Waals surface area contributed by atoms with Crippen molar-refractivity contribution in [1.29, 1.82) is 0 Å². The van der Waals surface area contributed by atoms with E-state index in [0.29, 0.717) is 47.0 Å². The van der Waals surface area contributed by atoms with Crippen LogP contribution in [-0.4, -0.2) is 54.0 Å². The molecule has 1 unspecified atom stereocenters. The van der Waals surface area contributed by atoms with Crippen molar-refractivity contribution in [2.75, 3.05) is 13.2 Å². The van der Waals surface area contributed by atoms with Gasteiger partial charge in [-0.15, -0.1) is 0 Å². The number of ether oxygens (including phenoxy) is 1. The lowest BCUT2D eigenvalue weighted by molar-refractivity contribution is -0.136. The zero-order valence-corrected chi connectivity index (χ0v) is 20.5. The molecule has 0 aromatic heterocycles. The summed E-state index contributed by atoms with van der Waals surface area (Å²) in [6.07, 6.45) is 7.80. The monoisotopic (exact) mass is 485 g/mol. The molecule has 190 valence electrons. The number of fused-ring (bicyclic) bond motifs is 1. The highest BCUT2D eigenvalue weighted by molar-refractivity contribution is 6.05. The molecule has 0 radical (unpaired) electrons. The maximum atomic E-state index is 15.7. The highest BCUT2D eigenvalue weighted by Crippen LogP contribution is 2.34. The zero-order valence-electron chi connectivity index (χ0n) is 20.5. The Hall–Kier alpha value is -2.32. The number of benzene rings is 1. The lowest BCUT2D eigenvalue weighted by Gasteiger charge is -2.38. The van der Waals surface area contributed by atoms with Crippen molar-refractivity contribution < 1.29 is 23.5 Å². The molecule has 35 heavy (non-hydrogen) atoms. The molecule has 3 fully saturated rings. The van der Waals surface area contributed by atoms with E-state index in [-0.39, 0.29) is 37.0 Å². The predicted molar refractivity (Wildman–Crippen MR) is 128 cm³/mol. The number of halogens is 1. The van der Waals surface area contributed by atoms with Crippen molar-refractivity contribution >= 4 is 17.7 Å². The number of nitrogens with one attached hydrogen (secondary N) is 2. The van der Waals surface area contributed by atoms with Crippen molar-refractivity contribution in [3.63, 3.8) is 0 Å². The van der Waals surface area contributed by atoms with Crippen molar-refractivity contribution in [1.82, 2.24) is 15.5 Å². The number of carbonyl (C=O) groups excluding carboxylic acids is 3. The van der Waals surface area contributed by atoms with Crippen LogP contribution >= 0.6 is 0 Å². The lowest BCUT2D eigenvalue weighted by Crippen LogP contribution is -2.52. The standard InChI is InChI=1S/C27H36FN3O4/c1-16(17-10-12-35-13-11-17)29-22-5-3-2-4-18(22)14-19-6-7-20-21(25(19)28)15-31(27(20)34)23-8-9-24(32)30-26(23)33/h6-7,16-18,22-23,29H,2-5,8-15H2,1H3,(H,30,32,33)/t16-,18+,22-,23?/m0/s1. The Morgan fingerprint density at radius 3 is 2.66 bits per heavy atom. The molecule has 1 aliphatic carbocycles. The molecule has 1 aromatic rings. The van der Waals surface area contributed by atoms with Crippen LogP contribution in [0.1, 0.15) is 79.8 Å². The first kappa shape index (κ1) is 24.4. The average Bonchev–Trinajstić information content (AvgIpc) is 3.19. The predicted octanol–water partition coefficient (Wildman–Crippen LogP) is 3.09. The fourth-order valence-corrected chi connectivity index (χ4v) is 6.45. The molecule has 2 N–H and O–H groups in total. The van der Waals surface area contributed by atoms with Crippen LogP contribution in [0.15, 0.2) is 12.1 Å². The van der Waals surface area contributed by atoms with Crippen LogP contribution in [0.4, 0.5) is 4.39 Å². The third-order valence-corrected chi connectivity index (χ3v) is 8.57. The van der Waals surface area contributed by atoms with Crippen LogP contribution in [0.25, 0.3) is 0 Å². The van der Waals surface area contributed by atoms with Crippen molar-refractivity contribution in [2.24, 2.45) is 11.8 Å². The third-order valence-electron chi connectivity index (χ3n) is 8.57. The third kappa shape index (κ3) is 5.00. The highest BCUT2D eigenvalue weighted by Gasteiger charge is 2.41. The first-order valence-corrected chi connectivity index (χ1v) is 13.2. The van der Waals surface area contributed by atoms with E-state index < -0.39 is 11.9 Å². The van der Waals surface area contributed by atoms with E-state index in [4.69, 9.17) is 4.74 Å². The second kappa shape index (κ2) is 10.3. The summed E-state index contributed by atoms with van der Waals surface area (Å²) in [6, 6.07) is 3.52. The van der Waals surface area contributed by atoms with Crippen LogP contribution in [0.2, 0.25) is 0 Å². The maximum Gasteiger partial charge on any atom is 0.255 e. The molecule has 5 rings (SSSR count). The van der Waals surface area contributed by atoms with Gasteiger partial charge in [0.15, 0.2) is 0 Å². The van der Waals surface area contributed by atoms with Gasteiger partial charge < -0.3 is 15.0 Å². The summed E-state index contributed by atoms with van der Waals surface area (Å²) in [4.78, 5) is 38.2.